The zero-order valence-electron chi connectivity index (χ0n) is 11.2. The highest BCUT2D eigenvalue weighted by Crippen LogP contribution is 2.36. The summed E-state index contributed by atoms with van der Waals surface area (Å²) in [6.45, 7) is 4.06. The maximum Gasteiger partial charge on any atom is 0.416 e. The molecular formula is C16H14F3N. The second-order valence-corrected chi connectivity index (χ2v) is 5.21. The Morgan fingerprint density at radius 1 is 0.900 bits per heavy atom. The van der Waals surface area contributed by atoms with E-state index in [0.29, 0.717) is 5.39 Å². The van der Waals surface area contributed by atoms with Crippen LogP contribution in [-0.2, 0) is 6.18 Å². The Morgan fingerprint density at radius 3 is 2.20 bits per heavy atom. The molecule has 1 nitrogen and oxygen atoms in total. The fourth-order valence-electron chi connectivity index (χ4n) is 2.74. The minimum atomic E-state index is -4.31. The molecule has 0 atom stereocenters. The van der Waals surface area contributed by atoms with E-state index in [9.17, 15) is 13.2 Å². The van der Waals surface area contributed by atoms with Crippen molar-refractivity contribution < 1.29 is 13.2 Å². The molecule has 0 N–H and O–H groups in total. The highest BCUT2D eigenvalue weighted by atomic mass is 19.4. The Morgan fingerprint density at radius 2 is 1.55 bits per heavy atom. The van der Waals surface area contributed by atoms with Crippen LogP contribution in [0.4, 0.5) is 13.2 Å². The molecule has 1 heterocycles. The summed E-state index contributed by atoms with van der Waals surface area (Å²) in [7, 11) is 0. The Bertz CT molecular complexity index is 781. The van der Waals surface area contributed by atoms with E-state index in [0.717, 1.165) is 22.5 Å². The van der Waals surface area contributed by atoms with Crippen molar-refractivity contribution in [2.24, 2.45) is 0 Å². The van der Waals surface area contributed by atoms with Crippen LogP contribution in [0.15, 0.2) is 42.5 Å². The van der Waals surface area contributed by atoms with Gasteiger partial charge in [0.15, 0.2) is 0 Å². The minimum absolute atomic E-state index is 0.189. The van der Waals surface area contributed by atoms with Gasteiger partial charge in [-0.1, -0.05) is 18.2 Å². The Kier molecular flexibility index (Phi) is 2.78. The van der Waals surface area contributed by atoms with Gasteiger partial charge in [-0.2, -0.15) is 13.2 Å². The fourth-order valence-corrected chi connectivity index (χ4v) is 2.74. The van der Waals surface area contributed by atoms with Gasteiger partial charge in [-0.25, -0.2) is 0 Å². The Balaban J connectivity index is 2.44. The number of nitrogens with zero attached hydrogens (tertiary/aromatic N) is 1. The number of fused-ring (bicyclic) bond motifs is 3. The Labute approximate surface area is 114 Å². The molecule has 1 aromatic heterocycles. The van der Waals surface area contributed by atoms with Gasteiger partial charge in [0, 0.05) is 27.8 Å². The van der Waals surface area contributed by atoms with Gasteiger partial charge in [0.25, 0.3) is 0 Å². The van der Waals surface area contributed by atoms with Gasteiger partial charge < -0.3 is 4.57 Å². The highest BCUT2D eigenvalue weighted by Gasteiger charge is 2.31. The summed E-state index contributed by atoms with van der Waals surface area (Å²) in [5.41, 5.74) is 1.21. The third kappa shape index (κ3) is 1.87. The molecule has 3 rings (SSSR count). The number of alkyl halides is 3. The van der Waals surface area contributed by atoms with E-state index >= 15 is 0 Å². The monoisotopic (exact) mass is 277 g/mol. The van der Waals surface area contributed by atoms with Crippen LogP contribution in [0.1, 0.15) is 25.5 Å². The molecule has 0 radical (unpaired) electrons. The predicted octanol–water partition coefficient (Wildman–Crippen LogP) is 5.39. The zero-order chi connectivity index (χ0) is 14.5. The van der Waals surface area contributed by atoms with Gasteiger partial charge in [0.1, 0.15) is 0 Å². The van der Waals surface area contributed by atoms with Crippen molar-refractivity contribution in [1.82, 2.24) is 4.57 Å². The van der Waals surface area contributed by atoms with Gasteiger partial charge >= 0.3 is 6.18 Å². The average molecular weight is 277 g/mol. The molecule has 0 saturated carbocycles. The molecule has 4 heteroatoms. The lowest BCUT2D eigenvalue weighted by Crippen LogP contribution is -2.04. The number of hydrogen-bond donors (Lipinski definition) is 0. The van der Waals surface area contributed by atoms with Crippen LogP contribution in [0.2, 0.25) is 0 Å². The molecule has 104 valence electrons. The molecule has 0 aliphatic carbocycles. The van der Waals surface area contributed by atoms with E-state index in [1.54, 1.807) is 6.07 Å². The SMILES string of the molecule is CC(C)n1c2ccccc2c2cc(C(F)(F)F)ccc21. The topological polar surface area (TPSA) is 4.93 Å². The predicted molar refractivity (Wildman–Crippen MR) is 74.8 cm³/mol. The number of rotatable bonds is 1. The van der Waals surface area contributed by atoms with Crippen LogP contribution in [0.3, 0.4) is 0 Å². The van der Waals surface area contributed by atoms with Crippen molar-refractivity contribution in [1.29, 1.82) is 0 Å². The lowest BCUT2D eigenvalue weighted by molar-refractivity contribution is -0.137. The van der Waals surface area contributed by atoms with Gasteiger partial charge in [-0.05, 0) is 38.1 Å². The van der Waals surface area contributed by atoms with Crippen LogP contribution >= 0.6 is 0 Å². The molecule has 20 heavy (non-hydrogen) atoms. The highest BCUT2D eigenvalue weighted by molar-refractivity contribution is 6.08. The van der Waals surface area contributed by atoms with Crippen LogP contribution < -0.4 is 0 Å². The summed E-state index contributed by atoms with van der Waals surface area (Å²) in [4.78, 5) is 0. The molecule has 0 unspecified atom stereocenters. The van der Waals surface area contributed by atoms with Crippen LogP contribution in [0, 0.1) is 0 Å². The summed E-state index contributed by atoms with van der Waals surface area (Å²) >= 11 is 0. The van der Waals surface area contributed by atoms with Crippen molar-refractivity contribution in [3.8, 4) is 0 Å². The maximum absolute atomic E-state index is 12.9. The van der Waals surface area contributed by atoms with E-state index in [1.165, 1.54) is 6.07 Å². The number of hydrogen-bond acceptors (Lipinski definition) is 0. The number of para-hydroxylation sites is 1. The summed E-state index contributed by atoms with van der Waals surface area (Å²) < 4.78 is 40.7. The van der Waals surface area contributed by atoms with Crippen LogP contribution in [0.5, 0.6) is 0 Å². The Hall–Kier alpha value is -1.97. The first kappa shape index (κ1) is 13.0. The average Bonchev–Trinajstić information content (AvgIpc) is 2.71. The van der Waals surface area contributed by atoms with E-state index in [1.807, 2.05) is 38.1 Å². The van der Waals surface area contributed by atoms with E-state index in [4.69, 9.17) is 0 Å². The number of benzene rings is 2. The largest absolute Gasteiger partial charge is 0.416 e. The standard InChI is InChI=1S/C16H14F3N/c1-10(2)20-14-6-4-3-5-12(14)13-9-11(16(17,18)19)7-8-15(13)20/h3-10H,1-2H3. The molecule has 0 saturated heterocycles. The summed E-state index contributed by atoms with van der Waals surface area (Å²) in [6, 6.07) is 11.7. The molecule has 0 bridgehead atoms. The van der Waals surface area contributed by atoms with Crippen molar-refractivity contribution in [3.63, 3.8) is 0 Å². The van der Waals surface area contributed by atoms with Gasteiger partial charge in [-0.3, -0.25) is 0 Å². The summed E-state index contributed by atoms with van der Waals surface area (Å²) in [5, 5.41) is 1.52. The van der Waals surface area contributed by atoms with Gasteiger partial charge in [-0.15, -0.1) is 0 Å². The third-order valence-electron chi connectivity index (χ3n) is 3.55. The molecule has 0 fully saturated rings. The van der Waals surface area contributed by atoms with E-state index < -0.39 is 11.7 Å². The second kappa shape index (κ2) is 4.27. The van der Waals surface area contributed by atoms with Crippen molar-refractivity contribution >= 4 is 21.8 Å². The normalized spacial score (nSPS) is 12.7. The lowest BCUT2D eigenvalue weighted by Gasteiger charge is -2.12. The van der Waals surface area contributed by atoms with Crippen molar-refractivity contribution in [3.05, 3.63) is 48.0 Å². The molecule has 0 amide bonds. The molecule has 0 spiro atoms. The first-order chi connectivity index (χ1) is 9.39. The van der Waals surface area contributed by atoms with Crippen molar-refractivity contribution in [2.75, 3.05) is 0 Å². The third-order valence-corrected chi connectivity index (χ3v) is 3.55. The summed E-state index contributed by atoms with van der Waals surface area (Å²) in [5.74, 6) is 0. The van der Waals surface area contributed by atoms with E-state index in [2.05, 4.69) is 4.57 Å². The number of aromatic nitrogens is 1. The maximum atomic E-state index is 12.9. The zero-order valence-corrected chi connectivity index (χ0v) is 11.2. The second-order valence-electron chi connectivity index (χ2n) is 5.21. The van der Waals surface area contributed by atoms with Crippen LogP contribution in [0.25, 0.3) is 21.8 Å². The molecule has 0 aliphatic heterocycles. The van der Waals surface area contributed by atoms with Crippen molar-refractivity contribution in [2.45, 2.75) is 26.1 Å². The van der Waals surface area contributed by atoms with Crippen LogP contribution in [-0.4, -0.2) is 4.57 Å². The minimum Gasteiger partial charge on any atom is -0.338 e. The molecular weight excluding hydrogens is 263 g/mol. The smallest absolute Gasteiger partial charge is 0.338 e. The first-order valence-electron chi connectivity index (χ1n) is 6.49. The molecule has 3 aromatic rings. The van der Waals surface area contributed by atoms with Gasteiger partial charge in [0.2, 0.25) is 0 Å². The number of halogens is 3. The fraction of sp³-hybridized carbons (Fsp3) is 0.250. The van der Waals surface area contributed by atoms with E-state index in [-0.39, 0.29) is 6.04 Å². The lowest BCUT2D eigenvalue weighted by atomic mass is 10.1. The quantitative estimate of drug-likeness (QED) is 0.561. The van der Waals surface area contributed by atoms with Gasteiger partial charge in [0.05, 0.1) is 5.56 Å². The molecule has 0 aliphatic rings. The summed E-state index contributed by atoms with van der Waals surface area (Å²) in [6.07, 6.45) is -4.31. The first-order valence-corrected chi connectivity index (χ1v) is 6.49. The molecule has 2 aromatic carbocycles.